The molecule has 2 nitrogen and oxygen atoms in total. The van der Waals surface area contributed by atoms with Gasteiger partial charge in [0.05, 0.1) is 0 Å². The maximum atomic E-state index is 3.47. The molecular weight excluding hydrogens is 232 g/mol. The van der Waals surface area contributed by atoms with Crippen molar-refractivity contribution in [3.63, 3.8) is 0 Å². The predicted molar refractivity (Wildman–Crippen MR) is 82.1 cm³/mol. The molecule has 2 heteroatoms. The van der Waals surface area contributed by atoms with Crippen LogP contribution in [0.25, 0.3) is 0 Å². The van der Waals surface area contributed by atoms with Crippen LogP contribution in [0.2, 0.25) is 0 Å². The van der Waals surface area contributed by atoms with Crippen molar-refractivity contribution in [1.29, 1.82) is 0 Å². The molecule has 1 aromatic carbocycles. The smallest absolute Gasteiger partial charge is 0.0234 e. The number of rotatable bonds is 6. The van der Waals surface area contributed by atoms with Crippen molar-refractivity contribution in [2.45, 2.75) is 46.7 Å². The monoisotopic (exact) mass is 260 g/mol. The standard InChI is InChI=1S/C17H28N2/c1-4-9-18-12-15-6-5-7-16(11-15)13-19-10-8-17(2,3)14-19/h5-7,11,18H,4,8-10,12-14H2,1-3H3. The van der Waals surface area contributed by atoms with Gasteiger partial charge in [0.25, 0.3) is 0 Å². The number of hydrogen-bond acceptors (Lipinski definition) is 2. The fourth-order valence-corrected chi connectivity index (χ4v) is 2.86. The van der Waals surface area contributed by atoms with E-state index < -0.39 is 0 Å². The molecule has 0 bridgehead atoms. The highest BCUT2D eigenvalue weighted by Crippen LogP contribution is 2.29. The van der Waals surface area contributed by atoms with Crippen LogP contribution in [0.15, 0.2) is 24.3 Å². The van der Waals surface area contributed by atoms with Crippen molar-refractivity contribution in [2.24, 2.45) is 5.41 Å². The van der Waals surface area contributed by atoms with E-state index in [0.29, 0.717) is 5.41 Å². The maximum Gasteiger partial charge on any atom is 0.0234 e. The Labute approximate surface area is 118 Å². The van der Waals surface area contributed by atoms with Crippen molar-refractivity contribution in [3.05, 3.63) is 35.4 Å². The van der Waals surface area contributed by atoms with Gasteiger partial charge in [-0.3, -0.25) is 4.90 Å². The van der Waals surface area contributed by atoms with Crippen molar-refractivity contribution >= 4 is 0 Å². The van der Waals surface area contributed by atoms with E-state index in [1.807, 2.05) is 0 Å². The average molecular weight is 260 g/mol. The van der Waals surface area contributed by atoms with Gasteiger partial charge in [-0.2, -0.15) is 0 Å². The first-order valence-electron chi connectivity index (χ1n) is 7.60. The van der Waals surface area contributed by atoms with Gasteiger partial charge in [0.2, 0.25) is 0 Å². The summed E-state index contributed by atoms with van der Waals surface area (Å²) in [5.74, 6) is 0. The Morgan fingerprint density at radius 2 is 2.05 bits per heavy atom. The minimum Gasteiger partial charge on any atom is -0.313 e. The van der Waals surface area contributed by atoms with E-state index in [2.05, 4.69) is 55.3 Å². The van der Waals surface area contributed by atoms with Crippen LogP contribution in [0.4, 0.5) is 0 Å². The van der Waals surface area contributed by atoms with Crippen molar-refractivity contribution in [1.82, 2.24) is 10.2 Å². The zero-order chi connectivity index (χ0) is 13.7. The summed E-state index contributed by atoms with van der Waals surface area (Å²) in [4.78, 5) is 2.58. The van der Waals surface area contributed by atoms with Crippen molar-refractivity contribution in [2.75, 3.05) is 19.6 Å². The van der Waals surface area contributed by atoms with Crippen LogP contribution in [0.3, 0.4) is 0 Å². The Balaban J connectivity index is 1.88. The third-order valence-corrected chi connectivity index (χ3v) is 3.91. The van der Waals surface area contributed by atoms with Crippen LogP contribution in [0, 0.1) is 5.41 Å². The predicted octanol–water partition coefficient (Wildman–Crippen LogP) is 3.42. The van der Waals surface area contributed by atoms with E-state index >= 15 is 0 Å². The Morgan fingerprint density at radius 3 is 2.74 bits per heavy atom. The summed E-state index contributed by atoms with van der Waals surface area (Å²) in [6.07, 6.45) is 2.52. The molecule has 0 radical (unpaired) electrons. The summed E-state index contributed by atoms with van der Waals surface area (Å²) in [5, 5.41) is 3.47. The molecule has 1 aliphatic heterocycles. The molecule has 0 spiro atoms. The lowest BCUT2D eigenvalue weighted by Crippen LogP contribution is -2.23. The van der Waals surface area contributed by atoms with E-state index in [4.69, 9.17) is 0 Å². The fraction of sp³-hybridized carbons (Fsp3) is 0.647. The molecule has 1 saturated heterocycles. The summed E-state index contributed by atoms with van der Waals surface area (Å²) in [6, 6.07) is 9.03. The van der Waals surface area contributed by atoms with Crippen molar-refractivity contribution in [3.8, 4) is 0 Å². The van der Waals surface area contributed by atoms with Crippen LogP contribution < -0.4 is 5.32 Å². The molecule has 0 saturated carbocycles. The van der Waals surface area contributed by atoms with Crippen LogP contribution in [-0.4, -0.2) is 24.5 Å². The zero-order valence-corrected chi connectivity index (χ0v) is 12.7. The number of nitrogens with zero attached hydrogens (tertiary/aromatic N) is 1. The Kier molecular flexibility index (Phi) is 5.00. The molecule has 0 atom stereocenters. The molecular formula is C17H28N2. The van der Waals surface area contributed by atoms with Gasteiger partial charge in [0.1, 0.15) is 0 Å². The summed E-state index contributed by atoms with van der Waals surface area (Å²) in [7, 11) is 0. The number of likely N-dealkylation sites (tertiary alicyclic amines) is 1. The number of benzene rings is 1. The minimum atomic E-state index is 0.500. The van der Waals surface area contributed by atoms with Gasteiger partial charge in [-0.15, -0.1) is 0 Å². The van der Waals surface area contributed by atoms with E-state index in [1.165, 1.54) is 37.1 Å². The lowest BCUT2D eigenvalue weighted by molar-refractivity contribution is 0.284. The lowest BCUT2D eigenvalue weighted by Gasteiger charge is -2.20. The van der Waals surface area contributed by atoms with E-state index in [-0.39, 0.29) is 0 Å². The van der Waals surface area contributed by atoms with E-state index in [1.54, 1.807) is 0 Å². The fourth-order valence-electron chi connectivity index (χ4n) is 2.86. The summed E-state index contributed by atoms with van der Waals surface area (Å²) < 4.78 is 0. The van der Waals surface area contributed by atoms with Crippen LogP contribution >= 0.6 is 0 Å². The SMILES string of the molecule is CCCNCc1cccc(CN2CCC(C)(C)C2)c1. The van der Waals surface area contributed by atoms with Crippen molar-refractivity contribution < 1.29 is 0 Å². The highest BCUT2D eigenvalue weighted by Gasteiger charge is 2.28. The van der Waals surface area contributed by atoms with Gasteiger partial charge in [0.15, 0.2) is 0 Å². The quantitative estimate of drug-likeness (QED) is 0.788. The van der Waals surface area contributed by atoms with Crippen LogP contribution in [0.1, 0.15) is 44.7 Å². The molecule has 0 unspecified atom stereocenters. The molecule has 1 heterocycles. The van der Waals surface area contributed by atoms with E-state index in [0.717, 1.165) is 19.6 Å². The molecule has 1 aromatic rings. The maximum absolute atomic E-state index is 3.47. The molecule has 19 heavy (non-hydrogen) atoms. The largest absolute Gasteiger partial charge is 0.313 e. The Hall–Kier alpha value is -0.860. The van der Waals surface area contributed by atoms with Gasteiger partial charge in [0, 0.05) is 19.6 Å². The van der Waals surface area contributed by atoms with Crippen LogP contribution in [-0.2, 0) is 13.1 Å². The summed E-state index contributed by atoms with van der Waals surface area (Å²) in [6.45, 7) is 12.6. The third kappa shape index (κ3) is 4.63. The second-order valence-corrected chi connectivity index (χ2v) is 6.62. The molecule has 0 amide bonds. The second-order valence-electron chi connectivity index (χ2n) is 6.62. The molecule has 0 aliphatic carbocycles. The number of nitrogens with one attached hydrogen (secondary N) is 1. The molecule has 0 aromatic heterocycles. The third-order valence-electron chi connectivity index (χ3n) is 3.91. The zero-order valence-electron chi connectivity index (χ0n) is 12.7. The Bertz CT molecular complexity index is 398. The lowest BCUT2D eigenvalue weighted by atomic mass is 9.93. The van der Waals surface area contributed by atoms with Gasteiger partial charge >= 0.3 is 0 Å². The number of hydrogen-bond donors (Lipinski definition) is 1. The van der Waals surface area contributed by atoms with Crippen LogP contribution in [0.5, 0.6) is 0 Å². The molecule has 1 fully saturated rings. The molecule has 1 N–H and O–H groups in total. The molecule has 2 rings (SSSR count). The van der Waals surface area contributed by atoms with Gasteiger partial charge in [-0.05, 0) is 42.5 Å². The summed E-state index contributed by atoms with van der Waals surface area (Å²) in [5.41, 5.74) is 3.36. The normalized spacial score (nSPS) is 18.9. The second kappa shape index (κ2) is 6.53. The average Bonchev–Trinajstić information content (AvgIpc) is 2.69. The first kappa shape index (κ1) is 14.5. The first-order valence-corrected chi connectivity index (χ1v) is 7.60. The molecule has 106 valence electrons. The first-order chi connectivity index (χ1) is 9.09. The van der Waals surface area contributed by atoms with Gasteiger partial charge < -0.3 is 5.32 Å². The van der Waals surface area contributed by atoms with Gasteiger partial charge in [-0.1, -0.05) is 45.0 Å². The highest BCUT2D eigenvalue weighted by molar-refractivity contribution is 5.23. The minimum absolute atomic E-state index is 0.500. The highest BCUT2D eigenvalue weighted by atomic mass is 15.1. The van der Waals surface area contributed by atoms with E-state index in [9.17, 15) is 0 Å². The molecule has 1 aliphatic rings. The summed E-state index contributed by atoms with van der Waals surface area (Å²) >= 11 is 0. The van der Waals surface area contributed by atoms with Gasteiger partial charge in [-0.25, -0.2) is 0 Å². The Morgan fingerprint density at radius 1 is 1.26 bits per heavy atom. The topological polar surface area (TPSA) is 15.3 Å².